The summed E-state index contributed by atoms with van der Waals surface area (Å²) in [7, 11) is 0. The molecule has 4 rings (SSSR count). The van der Waals surface area contributed by atoms with Crippen LogP contribution in [0.5, 0.6) is 0 Å². The fourth-order valence-corrected chi connectivity index (χ4v) is 5.61. The van der Waals surface area contributed by atoms with E-state index in [1.807, 2.05) is 29.7 Å². The first-order valence-electron chi connectivity index (χ1n) is 12.3. The maximum Gasteiger partial charge on any atom is 0.233 e. The Morgan fingerprint density at radius 3 is 2.47 bits per heavy atom. The number of thioether (sulfide) groups is 1. The number of amides is 2. The molecule has 2 fully saturated rings. The van der Waals surface area contributed by atoms with E-state index in [0.717, 1.165) is 6.42 Å². The lowest BCUT2D eigenvalue weighted by Gasteiger charge is -2.40. The van der Waals surface area contributed by atoms with Gasteiger partial charge in [0, 0.05) is 64.3 Å². The molecule has 1 aromatic carbocycles. The molecule has 3 heterocycles. The molecule has 1 atom stereocenters. The molecule has 0 aliphatic carbocycles. The van der Waals surface area contributed by atoms with E-state index in [-0.39, 0.29) is 29.4 Å². The molecule has 0 bridgehead atoms. The number of piperazine rings is 2. The van der Waals surface area contributed by atoms with Crippen molar-refractivity contribution in [3.05, 3.63) is 41.3 Å². The number of carbonyl (C=O) groups is 2. The van der Waals surface area contributed by atoms with E-state index >= 15 is 0 Å². The van der Waals surface area contributed by atoms with Crippen molar-refractivity contribution < 1.29 is 14.0 Å². The molecule has 0 spiro atoms. The summed E-state index contributed by atoms with van der Waals surface area (Å²) in [6.07, 6.45) is 1.41. The highest BCUT2D eigenvalue weighted by molar-refractivity contribution is 7.99. The number of anilines is 2. The van der Waals surface area contributed by atoms with E-state index in [9.17, 15) is 14.0 Å². The van der Waals surface area contributed by atoms with E-state index in [1.165, 1.54) is 17.8 Å². The number of rotatable bonds is 7. The third kappa shape index (κ3) is 6.39. The predicted octanol–water partition coefficient (Wildman–Crippen LogP) is 3.55. The average Bonchev–Trinajstić information content (AvgIpc) is 2.87. The minimum Gasteiger partial charge on any atom is -0.366 e. The Bertz CT molecular complexity index is 1080. The van der Waals surface area contributed by atoms with Crippen molar-refractivity contribution in [3.8, 4) is 0 Å². The zero-order chi connectivity index (χ0) is 25.7. The molecule has 0 N–H and O–H groups in total. The topological polar surface area (TPSA) is 72.9 Å². The summed E-state index contributed by atoms with van der Waals surface area (Å²) in [5, 5.41) is 0.776. The largest absolute Gasteiger partial charge is 0.366 e. The smallest absolute Gasteiger partial charge is 0.233 e. The summed E-state index contributed by atoms with van der Waals surface area (Å²) in [5.41, 5.74) is 0.573. The first kappa shape index (κ1) is 26.5. The highest BCUT2D eigenvalue weighted by Gasteiger charge is 2.28. The summed E-state index contributed by atoms with van der Waals surface area (Å²) >= 11 is 7.55. The van der Waals surface area contributed by atoms with Crippen LogP contribution in [0.3, 0.4) is 0 Å². The normalized spacial score (nSPS) is 18.5. The van der Waals surface area contributed by atoms with E-state index in [0.29, 0.717) is 74.0 Å². The molecular formula is C25H32ClFN6O2S. The van der Waals surface area contributed by atoms with Gasteiger partial charge in [-0.3, -0.25) is 9.59 Å². The first-order chi connectivity index (χ1) is 17.4. The van der Waals surface area contributed by atoms with Gasteiger partial charge in [-0.05, 0) is 25.5 Å². The highest BCUT2D eigenvalue weighted by atomic mass is 35.5. The third-order valence-electron chi connectivity index (χ3n) is 6.55. The molecule has 2 aliphatic rings. The summed E-state index contributed by atoms with van der Waals surface area (Å²) in [5.74, 6) is 0.850. The van der Waals surface area contributed by atoms with Gasteiger partial charge in [0.15, 0.2) is 5.16 Å². The number of halogens is 2. The number of nitrogens with zero attached hydrogens (tertiary/aromatic N) is 6. The quantitative estimate of drug-likeness (QED) is 0.305. The van der Waals surface area contributed by atoms with Crippen LogP contribution in [0.25, 0.3) is 0 Å². The average molecular weight is 535 g/mol. The second-order valence-electron chi connectivity index (χ2n) is 9.07. The predicted molar refractivity (Wildman–Crippen MR) is 141 cm³/mol. The van der Waals surface area contributed by atoms with Crippen molar-refractivity contribution in [3.63, 3.8) is 0 Å². The SMILES string of the molecule is CCCC(=O)N1CCN(c2cc(Cl)nc(SCC(=O)N3CCN(c4ccccc4F)CC3)n2)CC1C. The molecule has 0 radical (unpaired) electrons. The molecule has 2 aromatic rings. The zero-order valence-electron chi connectivity index (χ0n) is 20.7. The molecule has 8 nitrogen and oxygen atoms in total. The Labute approximate surface area is 220 Å². The minimum atomic E-state index is -0.245. The molecule has 194 valence electrons. The van der Waals surface area contributed by atoms with Crippen LogP contribution >= 0.6 is 23.4 Å². The third-order valence-corrected chi connectivity index (χ3v) is 7.57. The summed E-state index contributed by atoms with van der Waals surface area (Å²) in [4.78, 5) is 41.9. The van der Waals surface area contributed by atoms with E-state index in [4.69, 9.17) is 11.6 Å². The molecular weight excluding hydrogens is 503 g/mol. The lowest BCUT2D eigenvalue weighted by Crippen LogP contribution is -2.54. The van der Waals surface area contributed by atoms with Gasteiger partial charge in [-0.25, -0.2) is 14.4 Å². The number of benzene rings is 1. The van der Waals surface area contributed by atoms with Crippen molar-refractivity contribution in [2.24, 2.45) is 0 Å². The molecule has 36 heavy (non-hydrogen) atoms. The van der Waals surface area contributed by atoms with Gasteiger partial charge < -0.3 is 19.6 Å². The van der Waals surface area contributed by atoms with Gasteiger partial charge in [0.1, 0.15) is 16.8 Å². The lowest BCUT2D eigenvalue weighted by molar-refractivity contribution is -0.133. The fourth-order valence-electron chi connectivity index (χ4n) is 4.63. The maximum atomic E-state index is 14.1. The zero-order valence-corrected chi connectivity index (χ0v) is 22.3. The van der Waals surface area contributed by atoms with Gasteiger partial charge >= 0.3 is 0 Å². The minimum absolute atomic E-state index is 0.00465. The van der Waals surface area contributed by atoms with E-state index < -0.39 is 0 Å². The maximum absolute atomic E-state index is 14.1. The van der Waals surface area contributed by atoms with Crippen molar-refractivity contribution in [2.45, 2.75) is 37.9 Å². The molecule has 2 aliphatic heterocycles. The van der Waals surface area contributed by atoms with Crippen molar-refractivity contribution in [2.75, 3.05) is 61.4 Å². The number of carbonyl (C=O) groups excluding carboxylic acids is 2. The van der Waals surface area contributed by atoms with Crippen LogP contribution in [0.1, 0.15) is 26.7 Å². The van der Waals surface area contributed by atoms with Crippen molar-refractivity contribution in [1.29, 1.82) is 0 Å². The summed E-state index contributed by atoms with van der Waals surface area (Å²) in [6, 6.07) is 8.51. The second-order valence-corrected chi connectivity index (χ2v) is 10.4. The Hall–Kier alpha value is -2.59. The van der Waals surface area contributed by atoms with Crippen LogP contribution in [-0.2, 0) is 9.59 Å². The number of aromatic nitrogens is 2. The Morgan fingerprint density at radius 1 is 1.06 bits per heavy atom. The van der Waals surface area contributed by atoms with Gasteiger partial charge in [0.25, 0.3) is 0 Å². The van der Waals surface area contributed by atoms with Gasteiger partial charge in [0.05, 0.1) is 11.4 Å². The van der Waals surface area contributed by atoms with Crippen molar-refractivity contribution in [1.82, 2.24) is 19.8 Å². The van der Waals surface area contributed by atoms with Crippen LogP contribution < -0.4 is 9.80 Å². The number of para-hydroxylation sites is 1. The lowest BCUT2D eigenvalue weighted by atomic mass is 10.1. The van der Waals surface area contributed by atoms with Crippen LogP contribution in [0.4, 0.5) is 15.9 Å². The van der Waals surface area contributed by atoms with Crippen molar-refractivity contribution >= 4 is 46.7 Å². The van der Waals surface area contributed by atoms with E-state index in [2.05, 4.69) is 14.9 Å². The van der Waals surface area contributed by atoms with Crippen LogP contribution in [0.15, 0.2) is 35.5 Å². The molecule has 2 amide bonds. The Kier molecular flexibility index (Phi) is 8.90. The van der Waals surface area contributed by atoms with Crippen LogP contribution in [-0.4, -0.2) is 89.2 Å². The Balaban J connectivity index is 1.31. The molecule has 1 unspecified atom stereocenters. The van der Waals surface area contributed by atoms with Crippen LogP contribution in [0, 0.1) is 5.82 Å². The van der Waals surface area contributed by atoms with Gasteiger partial charge in [-0.2, -0.15) is 0 Å². The van der Waals surface area contributed by atoms with Crippen LogP contribution in [0.2, 0.25) is 5.15 Å². The number of hydrogen-bond acceptors (Lipinski definition) is 7. The second kappa shape index (κ2) is 12.1. The molecule has 1 aromatic heterocycles. The fraction of sp³-hybridized carbons (Fsp3) is 0.520. The standard InChI is InChI=1S/C25H32ClFN6O2S/c1-3-6-23(34)33-14-13-32(16-18(33)2)22-15-21(26)28-25(29-22)36-17-24(35)31-11-9-30(10-12-31)20-8-5-4-7-19(20)27/h4-5,7-8,15,18H,3,6,9-14,16-17H2,1-2H3. The Morgan fingerprint density at radius 2 is 1.78 bits per heavy atom. The van der Waals surface area contributed by atoms with Gasteiger partial charge in [0.2, 0.25) is 11.8 Å². The van der Waals surface area contributed by atoms with E-state index in [1.54, 1.807) is 23.1 Å². The molecule has 2 saturated heterocycles. The molecule has 0 saturated carbocycles. The summed E-state index contributed by atoms with van der Waals surface area (Å²) in [6.45, 7) is 8.27. The van der Waals surface area contributed by atoms with Gasteiger partial charge in [-0.15, -0.1) is 0 Å². The monoisotopic (exact) mass is 534 g/mol. The first-order valence-corrected chi connectivity index (χ1v) is 13.7. The highest BCUT2D eigenvalue weighted by Crippen LogP contribution is 2.25. The van der Waals surface area contributed by atoms with Gasteiger partial charge in [-0.1, -0.05) is 42.4 Å². The summed E-state index contributed by atoms with van der Waals surface area (Å²) < 4.78 is 14.1. The number of hydrogen-bond donors (Lipinski definition) is 0. The molecule has 11 heteroatoms.